The quantitative estimate of drug-likeness (QED) is 0.831. The third-order valence-electron chi connectivity index (χ3n) is 4.09. The summed E-state index contributed by atoms with van der Waals surface area (Å²) < 4.78 is 0. The molecule has 0 saturated carbocycles. The number of nitrogens with one attached hydrogen (secondary N) is 1. The van der Waals surface area contributed by atoms with E-state index >= 15 is 0 Å². The summed E-state index contributed by atoms with van der Waals surface area (Å²) >= 11 is 7.49. The van der Waals surface area contributed by atoms with Crippen LogP contribution in [-0.2, 0) is 12.8 Å². The topological polar surface area (TPSA) is 29.1 Å². The highest BCUT2D eigenvalue weighted by atomic mass is 35.5. The average Bonchev–Trinajstić information content (AvgIpc) is 2.92. The summed E-state index contributed by atoms with van der Waals surface area (Å²) in [5, 5.41) is 3.60. The van der Waals surface area contributed by atoms with E-state index in [2.05, 4.69) is 18.3 Å². The number of benzene rings is 1. The van der Waals surface area contributed by atoms with Crippen molar-refractivity contribution in [1.29, 1.82) is 0 Å². The summed E-state index contributed by atoms with van der Waals surface area (Å²) in [7, 11) is 0. The molecule has 1 aromatic carbocycles. The van der Waals surface area contributed by atoms with Crippen LogP contribution in [0.5, 0.6) is 0 Å². The average molecular weight is 320 g/mol. The van der Waals surface area contributed by atoms with E-state index in [1.807, 2.05) is 12.1 Å². The number of carbonyl (C=O) groups is 1. The van der Waals surface area contributed by atoms with Crippen molar-refractivity contribution in [3.05, 3.63) is 50.7 Å². The van der Waals surface area contributed by atoms with Crippen LogP contribution in [0.25, 0.3) is 0 Å². The van der Waals surface area contributed by atoms with Crippen LogP contribution in [0.1, 0.15) is 39.9 Å². The molecular formula is C17H18ClNOS. The van der Waals surface area contributed by atoms with Crippen LogP contribution in [0, 0.1) is 5.92 Å². The van der Waals surface area contributed by atoms with Crippen molar-refractivity contribution in [3.63, 3.8) is 0 Å². The Kier molecular flexibility index (Phi) is 4.32. The first-order valence-electron chi connectivity index (χ1n) is 7.34. The highest BCUT2D eigenvalue weighted by molar-refractivity contribution is 7.14. The molecule has 1 N–H and O–H groups in total. The van der Waals surface area contributed by atoms with Gasteiger partial charge in [0.2, 0.25) is 0 Å². The molecule has 1 heterocycles. The second kappa shape index (κ2) is 6.20. The summed E-state index contributed by atoms with van der Waals surface area (Å²) in [6, 6.07) is 9.28. The molecule has 2 nitrogen and oxygen atoms in total. The Hall–Kier alpha value is -1.32. The molecule has 0 fully saturated rings. The monoisotopic (exact) mass is 319 g/mol. The Balaban J connectivity index is 1.74. The molecule has 1 aliphatic rings. The number of hydrogen-bond donors (Lipinski definition) is 1. The molecule has 0 spiro atoms. The minimum absolute atomic E-state index is 0.0234. The fourth-order valence-electron chi connectivity index (χ4n) is 2.79. The number of rotatable bonds is 3. The lowest BCUT2D eigenvalue weighted by molar-refractivity contribution is 0.103. The Morgan fingerprint density at radius 1 is 1.38 bits per heavy atom. The zero-order chi connectivity index (χ0) is 14.8. The smallest absolute Gasteiger partial charge is 0.265 e. The number of thiophene rings is 1. The number of hydrogen-bond acceptors (Lipinski definition) is 2. The van der Waals surface area contributed by atoms with Crippen LogP contribution in [-0.4, -0.2) is 5.91 Å². The van der Waals surface area contributed by atoms with E-state index in [-0.39, 0.29) is 5.91 Å². The molecule has 0 unspecified atom stereocenters. The Labute approximate surface area is 134 Å². The number of fused-ring (bicyclic) bond motifs is 1. The third-order valence-corrected chi connectivity index (χ3v) is 5.58. The minimum atomic E-state index is -0.0234. The highest BCUT2D eigenvalue weighted by Crippen LogP contribution is 2.33. The zero-order valence-corrected chi connectivity index (χ0v) is 13.6. The molecule has 0 bridgehead atoms. The van der Waals surface area contributed by atoms with Gasteiger partial charge in [-0.25, -0.2) is 0 Å². The highest BCUT2D eigenvalue weighted by Gasteiger charge is 2.22. The summed E-state index contributed by atoms with van der Waals surface area (Å²) in [4.78, 5) is 14.5. The molecule has 0 aliphatic heterocycles. The number of amides is 1. The molecule has 2 aromatic rings. The van der Waals surface area contributed by atoms with Gasteiger partial charge in [0.1, 0.15) is 0 Å². The summed E-state index contributed by atoms with van der Waals surface area (Å²) in [5.74, 6) is 0.754. The van der Waals surface area contributed by atoms with E-state index in [1.54, 1.807) is 23.5 Å². The maximum Gasteiger partial charge on any atom is 0.265 e. The van der Waals surface area contributed by atoms with E-state index in [9.17, 15) is 4.79 Å². The van der Waals surface area contributed by atoms with Gasteiger partial charge < -0.3 is 5.32 Å². The molecule has 110 valence electrons. The van der Waals surface area contributed by atoms with Gasteiger partial charge in [0.25, 0.3) is 5.91 Å². The van der Waals surface area contributed by atoms with Crippen molar-refractivity contribution in [1.82, 2.24) is 0 Å². The molecule has 1 atom stereocenters. The van der Waals surface area contributed by atoms with E-state index < -0.39 is 0 Å². The van der Waals surface area contributed by atoms with E-state index in [0.29, 0.717) is 5.02 Å². The third kappa shape index (κ3) is 3.30. The lowest BCUT2D eigenvalue weighted by atomic mass is 9.87. The summed E-state index contributed by atoms with van der Waals surface area (Å²) in [6.07, 6.45) is 4.72. The maximum atomic E-state index is 12.3. The van der Waals surface area contributed by atoms with Crippen molar-refractivity contribution < 1.29 is 4.79 Å². The maximum absolute atomic E-state index is 12.3. The van der Waals surface area contributed by atoms with Gasteiger partial charge in [-0.3, -0.25) is 4.79 Å². The normalized spacial score (nSPS) is 17.3. The lowest BCUT2D eigenvalue weighted by Gasteiger charge is -2.19. The van der Waals surface area contributed by atoms with Gasteiger partial charge in [0.05, 0.1) is 4.88 Å². The van der Waals surface area contributed by atoms with Crippen LogP contribution in [0.4, 0.5) is 5.69 Å². The van der Waals surface area contributed by atoms with E-state index in [0.717, 1.165) is 29.3 Å². The van der Waals surface area contributed by atoms with Gasteiger partial charge in [-0.2, -0.15) is 0 Å². The first-order chi connectivity index (χ1) is 10.2. The Morgan fingerprint density at radius 3 is 2.86 bits per heavy atom. The van der Waals surface area contributed by atoms with Gasteiger partial charge >= 0.3 is 0 Å². The predicted octanol–water partition coefficient (Wildman–Crippen LogP) is 5.17. The van der Waals surface area contributed by atoms with Crippen LogP contribution in [0.15, 0.2) is 30.3 Å². The molecule has 4 heteroatoms. The van der Waals surface area contributed by atoms with Crippen LogP contribution >= 0.6 is 22.9 Å². The molecule has 1 aliphatic carbocycles. The van der Waals surface area contributed by atoms with Gasteiger partial charge in [-0.15, -0.1) is 11.3 Å². The fourth-order valence-corrected chi connectivity index (χ4v) is 4.02. The van der Waals surface area contributed by atoms with Crippen LogP contribution in [0.2, 0.25) is 5.02 Å². The van der Waals surface area contributed by atoms with Crippen molar-refractivity contribution in [2.45, 2.75) is 32.6 Å². The fraction of sp³-hybridized carbons (Fsp3) is 0.353. The summed E-state index contributed by atoms with van der Waals surface area (Å²) in [5.41, 5.74) is 2.15. The zero-order valence-electron chi connectivity index (χ0n) is 12.0. The van der Waals surface area contributed by atoms with Crippen molar-refractivity contribution in [2.75, 3.05) is 5.32 Å². The number of anilines is 1. The van der Waals surface area contributed by atoms with Crippen molar-refractivity contribution in [3.8, 4) is 0 Å². The largest absolute Gasteiger partial charge is 0.321 e. The second-order valence-corrected chi connectivity index (χ2v) is 7.11. The molecule has 21 heavy (non-hydrogen) atoms. The van der Waals surface area contributed by atoms with Gasteiger partial charge in [0.15, 0.2) is 0 Å². The number of carbonyl (C=O) groups excluding carboxylic acids is 1. The molecule has 1 amide bonds. The van der Waals surface area contributed by atoms with Gasteiger partial charge in [-0.1, -0.05) is 24.9 Å². The van der Waals surface area contributed by atoms with Crippen LogP contribution in [0.3, 0.4) is 0 Å². The predicted molar refractivity (Wildman–Crippen MR) is 89.5 cm³/mol. The molecule has 1 aromatic heterocycles. The summed E-state index contributed by atoms with van der Waals surface area (Å²) in [6.45, 7) is 2.25. The second-order valence-electron chi connectivity index (χ2n) is 5.54. The molecule has 3 rings (SSSR count). The first kappa shape index (κ1) is 14.6. The van der Waals surface area contributed by atoms with E-state index in [4.69, 9.17) is 11.6 Å². The van der Waals surface area contributed by atoms with Crippen LogP contribution < -0.4 is 5.32 Å². The van der Waals surface area contributed by atoms with E-state index in [1.165, 1.54) is 23.3 Å². The van der Waals surface area contributed by atoms with Crippen molar-refractivity contribution in [2.24, 2.45) is 5.92 Å². The SMILES string of the molecule is CC[C@@H]1CCc2sc(C(=O)Nc3ccc(Cl)cc3)cc2C1. The lowest BCUT2D eigenvalue weighted by Crippen LogP contribution is -2.11. The minimum Gasteiger partial charge on any atom is -0.321 e. The first-order valence-corrected chi connectivity index (χ1v) is 8.53. The Bertz CT molecular complexity index is 647. The Morgan fingerprint density at radius 2 is 2.14 bits per heavy atom. The standard InChI is InChI=1S/C17H18ClNOS/c1-2-11-3-8-15-12(9-11)10-16(21-15)17(20)19-14-6-4-13(18)5-7-14/h4-7,10-11H,2-3,8-9H2,1H3,(H,19,20)/t11-/m1/s1. The molecule has 0 saturated heterocycles. The van der Waals surface area contributed by atoms with Crippen molar-refractivity contribution >= 4 is 34.5 Å². The van der Waals surface area contributed by atoms with Gasteiger partial charge in [-0.05, 0) is 61.1 Å². The van der Waals surface area contributed by atoms with Gasteiger partial charge in [0, 0.05) is 15.6 Å². The number of aryl methyl sites for hydroxylation is 1. The molecular weight excluding hydrogens is 302 g/mol. The number of halogens is 1. The molecule has 0 radical (unpaired) electrons.